The first-order chi connectivity index (χ1) is 16.4. The Balaban J connectivity index is 1.67. The van der Waals surface area contributed by atoms with E-state index in [0.717, 1.165) is 37.3 Å². The average Bonchev–Trinajstić information content (AvgIpc) is 3.10. The van der Waals surface area contributed by atoms with Crippen molar-refractivity contribution in [1.29, 1.82) is 0 Å². The van der Waals surface area contributed by atoms with Gasteiger partial charge in [0.2, 0.25) is 0 Å². The van der Waals surface area contributed by atoms with Crippen LogP contribution in [0.2, 0.25) is 5.02 Å². The highest BCUT2D eigenvalue weighted by Crippen LogP contribution is 2.40. The van der Waals surface area contributed by atoms with E-state index in [4.69, 9.17) is 16.3 Å². The van der Waals surface area contributed by atoms with Gasteiger partial charge in [0.25, 0.3) is 11.7 Å². The maximum atomic E-state index is 13.2. The van der Waals surface area contributed by atoms with Gasteiger partial charge in [0.05, 0.1) is 24.8 Å². The van der Waals surface area contributed by atoms with Crippen molar-refractivity contribution in [3.63, 3.8) is 0 Å². The van der Waals surface area contributed by atoms with E-state index < -0.39 is 17.7 Å². The number of morpholine rings is 1. The van der Waals surface area contributed by atoms with Crippen LogP contribution in [0.25, 0.3) is 5.76 Å². The van der Waals surface area contributed by atoms with E-state index >= 15 is 0 Å². The van der Waals surface area contributed by atoms with Crippen LogP contribution >= 0.6 is 11.6 Å². The van der Waals surface area contributed by atoms with Crippen LogP contribution in [-0.2, 0) is 14.3 Å². The molecule has 180 valence electrons. The van der Waals surface area contributed by atoms with Gasteiger partial charge in [0.1, 0.15) is 5.76 Å². The van der Waals surface area contributed by atoms with Crippen molar-refractivity contribution in [2.75, 3.05) is 58.4 Å². The predicted molar refractivity (Wildman–Crippen MR) is 133 cm³/mol. The van der Waals surface area contributed by atoms with E-state index in [1.807, 2.05) is 43.3 Å². The second kappa shape index (κ2) is 10.6. The van der Waals surface area contributed by atoms with Crippen LogP contribution in [0, 0.1) is 0 Å². The molecule has 0 bridgehead atoms. The van der Waals surface area contributed by atoms with Crippen molar-refractivity contribution in [2.45, 2.75) is 12.5 Å². The molecule has 0 spiro atoms. The normalized spacial score (nSPS) is 20.7. The van der Waals surface area contributed by atoms with Crippen LogP contribution in [0.5, 0.6) is 0 Å². The molecule has 0 aromatic heterocycles. The Morgan fingerprint density at radius 3 is 2.29 bits per heavy atom. The highest BCUT2D eigenvalue weighted by Gasteiger charge is 2.45. The Hall–Kier alpha value is -2.87. The molecule has 8 heteroatoms. The van der Waals surface area contributed by atoms with E-state index in [-0.39, 0.29) is 11.3 Å². The van der Waals surface area contributed by atoms with E-state index in [1.165, 1.54) is 0 Å². The lowest BCUT2D eigenvalue weighted by Gasteiger charge is -2.29. The summed E-state index contributed by atoms with van der Waals surface area (Å²) in [6.45, 7) is 4.39. The molecule has 2 aromatic carbocycles. The Morgan fingerprint density at radius 1 is 1.03 bits per heavy atom. The fraction of sp³-hybridized carbons (Fsp3) is 0.385. The number of Topliss-reactive ketones (excluding diaryl/α,β-unsaturated/α-hetero) is 1. The van der Waals surface area contributed by atoms with Crippen molar-refractivity contribution in [2.24, 2.45) is 0 Å². The molecule has 0 unspecified atom stereocenters. The Kier molecular flexibility index (Phi) is 7.56. The second-order valence-corrected chi connectivity index (χ2v) is 9.23. The number of hydrogen-bond acceptors (Lipinski definition) is 6. The minimum absolute atomic E-state index is 0.108. The molecule has 1 N–H and O–H groups in total. The van der Waals surface area contributed by atoms with Crippen LogP contribution in [-0.4, -0.2) is 80.1 Å². The first-order valence-corrected chi connectivity index (χ1v) is 11.9. The largest absolute Gasteiger partial charge is 0.507 e. The van der Waals surface area contributed by atoms with Crippen molar-refractivity contribution >= 4 is 34.7 Å². The molecule has 0 saturated carbocycles. The summed E-state index contributed by atoms with van der Waals surface area (Å²) in [6, 6.07) is 13.7. The van der Waals surface area contributed by atoms with Crippen molar-refractivity contribution in [1.82, 2.24) is 9.80 Å². The van der Waals surface area contributed by atoms with Gasteiger partial charge in [-0.2, -0.15) is 0 Å². The van der Waals surface area contributed by atoms with Crippen LogP contribution in [0.15, 0.2) is 54.1 Å². The summed E-state index contributed by atoms with van der Waals surface area (Å²) in [6.07, 6.45) is 0.723. The van der Waals surface area contributed by atoms with Crippen molar-refractivity contribution in [3.8, 4) is 0 Å². The summed E-state index contributed by atoms with van der Waals surface area (Å²) in [4.78, 5) is 32.1. The maximum Gasteiger partial charge on any atom is 0.295 e. The highest BCUT2D eigenvalue weighted by molar-refractivity contribution is 6.46. The molecule has 1 amide bonds. The molecule has 7 nitrogen and oxygen atoms in total. The van der Waals surface area contributed by atoms with Crippen LogP contribution in [0.4, 0.5) is 5.69 Å². The third-order valence-corrected chi connectivity index (χ3v) is 6.61. The molecule has 2 aliphatic rings. The Bertz CT molecular complexity index is 1060. The number of carbonyl (C=O) groups is 2. The lowest BCUT2D eigenvalue weighted by atomic mass is 9.95. The first-order valence-electron chi connectivity index (χ1n) is 11.5. The topological polar surface area (TPSA) is 73.3 Å². The Morgan fingerprint density at radius 2 is 1.68 bits per heavy atom. The molecular weight excluding hydrogens is 454 g/mol. The number of carbonyl (C=O) groups excluding carboxylic acids is 2. The van der Waals surface area contributed by atoms with E-state index in [2.05, 4.69) is 4.90 Å². The standard InChI is InChI=1S/C26H30ClN3O4/c1-28(2)21-10-6-18(7-11-21)23-22(24(31)19-4-8-20(27)9-5-19)25(32)26(33)30(23)13-3-12-29-14-16-34-17-15-29/h4-11,23,31H,3,12-17H2,1-2H3/b24-22+/t23-/m1/s1. The second-order valence-electron chi connectivity index (χ2n) is 8.79. The number of halogens is 1. The van der Waals surface area contributed by atoms with Gasteiger partial charge in [-0.15, -0.1) is 0 Å². The number of nitrogens with zero attached hydrogens (tertiary/aromatic N) is 3. The number of aliphatic hydroxyl groups is 1. The number of amides is 1. The molecule has 2 aliphatic heterocycles. The van der Waals surface area contributed by atoms with E-state index in [1.54, 1.807) is 29.2 Å². The fourth-order valence-electron chi connectivity index (χ4n) is 4.46. The summed E-state index contributed by atoms with van der Waals surface area (Å²) in [5.41, 5.74) is 2.35. The quantitative estimate of drug-likeness (QED) is 0.369. The minimum atomic E-state index is -0.666. The summed E-state index contributed by atoms with van der Waals surface area (Å²) in [7, 11) is 3.90. The molecule has 2 heterocycles. The summed E-state index contributed by atoms with van der Waals surface area (Å²) >= 11 is 5.99. The summed E-state index contributed by atoms with van der Waals surface area (Å²) in [5.74, 6) is -1.44. The van der Waals surface area contributed by atoms with Gasteiger partial charge in [0.15, 0.2) is 0 Å². The predicted octanol–water partition coefficient (Wildman–Crippen LogP) is 3.55. The zero-order valence-electron chi connectivity index (χ0n) is 19.5. The molecule has 34 heavy (non-hydrogen) atoms. The number of benzene rings is 2. The number of hydrogen-bond donors (Lipinski definition) is 1. The zero-order chi connectivity index (χ0) is 24.2. The first kappa shape index (κ1) is 24.3. The third kappa shape index (κ3) is 5.12. The molecule has 2 fully saturated rings. The van der Waals surface area contributed by atoms with E-state index in [9.17, 15) is 14.7 Å². The molecule has 4 rings (SSSR count). The maximum absolute atomic E-state index is 13.2. The van der Waals surface area contributed by atoms with Gasteiger partial charge in [0, 0.05) is 56.5 Å². The van der Waals surface area contributed by atoms with E-state index in [0.29, 0.717) is 30.3 Å². The zero-order valence-corrected chi connectivity index (χ0v) is 20.3. The Labute approximate surface area is 205 Å². The highest BCUT2D eigenvalue weighted by atomic mass is 35.5. The van der Waals surface area contributed by atoms with Gasteiger partial charge in [-0.25, -0.2) is 0 Å². The van der Waals surface area contributed by atoms with Gasteiger partial charge in [-0.1, -0.05) is 23.7 Å². The molecule has 2 aromatic rings. The van der Waals surface area contributed by atoms with Gasteiger partial charge < -0.3 is 19.6 Å². The lowest BCUT2D eigenvalue weighted by molar-refractivity contribution is -0.140. The van der Waals surface area contributed by atoms with Crippen LogP contribution in [0.1, 0.15) is 23.6 Å². The summed E-state index contributed by atoms with van der Waals surface area (Å²) < 4.78 is 5.41. The smallest absolute Gasteiger partial charge is 0.295 e. The van der Waals surface area contributed by atoms with Gasteiger partial charge >= 0.3 is 0 Å². The lowest BCUT2D eigenvalue weighted by Crippen LogP contribution is -2.38. The molecule has 0 aliphatic carbocycles. The minimum Gasteiger partial charge on any atom is -0.507 e. The molecule has 2 saturated heterocycles. The van der Waals surface area contributed by atoms with Crippen LogP contribution < -0.4 is 4.90 Å². The number of aliphatic hydroxyl groups excluding tert-OH is 1. The van der Waals surface area contributed by atoms with Crippen LogP contribution in [0.3, 0.4) is 0 Å². The number of anilines is 1. The number of likely N-dealkylation sites (tertiary alicyclic amines) is 1. The molecular formula is C26H30ClN3O4. The molecule has 0 radical (unpaired) electrons. The SMILES string of the molecule is CN(C)c1ccc([C@@H]2/C(=C(\O)c3ccc(Cl)cc3)C(=O)C(=O)N2CCCN2CCOCC2)cc1. The third-order valence-electron chi connectivity index (χ3n) is 6.36. The number of ketones is 1. The fourth-order valence-corrected chi connectivity index (χ4v) is 4.59. The van der Waals surface area contributed by atoms with Crippen molar-refractivity contribution < 1.29 is 19.4 Å². The molecule has 1 atom stereocenters. The number of rotatable bonds is 7. The van der Waals surface area contributed by atoms with Crippen molar-refractivity contribution in [3.05, 3.63) is 70.3 Å². The van der Waals surface area contributed by atoms with Gasteiger partial charge in [-0.3, -0.25) is 14.5 Å². The number of ether oxygens (including phenoxy) is 1. The average molecular weight is 484 g/mol. The monoisotopic (exact) mass is 483 g/mol. The van der Waals surface area contributed by atoms with Gasteiger partial charge in [-0.05, 0) is 48.4 Å². The summed E-state index contributed by atoms with van der Waals surface area (Å²) in [5, 5.41) is 11.7.